The molecule has 0 bridgehead atoms. The van der Waals surface area contributed by atoms with Crippen molar-refractivity contribution in [1.29, 1.82) is 0 Å². The van der Waals surface area contributed by atoms with Crippen molar-refractivity contribution >= 4 is 11.9 Å². The molecule has 4 rings (SSSR count). The number of nitrogens with zero attached hydrogens (tertiary/aromatic N) is 3. The summed E-state index contributed by atoms with van der Waals surface area (Å²) in [7, 11) is 0. The van der Waals surface area contributed by atoms with Crippen LogP contribution in [0.15, 0.2) is 95.1 Å². The predicted octanol–water partition coefficient (Wildman–Crippen LogP) is 5.43. The lowest BCUT2D eigenvalue weighted by Crippen LogP contribution is -2.40. The molecule has 2 aromatic carbocycles. The Morgan fingerprint density at radius 3 is 2.59 bits per heavy atom. The van der Waals surface area contributed by atoms with Crippen molar-refractivity contribution in [1.82, 2.24) is 4.40 Å². The number of hydrogen-bond donors (Lipinski definition) is 0. The van der Waals surface area contributed by atoms with Gasteiger partial charge in [0.2, 0.25) is 0 Å². The standard InChI is InChI=1S/C26H23F3N3O2/c1-19(20-9-3-2-4-10-20)34-30-14-8-15-31-18-23(25(33)32-16-6-5-13-24(31)32)21-11-7-12-22(17-21)26(27,28)29/h2-7,9-14,16-19H,8,15H2,1H3/q+1. The van der Waals surface area contributed by atoms with Crippen molar-refractivity contribution in [3.8, 4) is 11.1 Å². The molecule has 1 atom stereocenters. The fourth-order valence-electron chi connectivity index (χ4n) is 3.66. The zero-order valence-corrected chi connectivity index (χ0v) is 18.4. The summed E-state index contributed by atoms with van der Waals surface area (Å²) in [5.74, 6) is 0. The van der Waals surface area contributed by atoms with E-state index in [9.17, 15) is 18.0 Å². The van der Waals surface area contributed by atoms with Gasteiger partial charge < -0.3 is 4.84 Å². The Balaban J connectivity index is 1.58. The number of hydrogen-bond acceptors (Lipinski definition) is 3. The number of fused-ring (bicyclic) bond motifs is 1. The third-order valence-electron chi connectivity index (χ3n) is 5.43. The van der Waals surface area contributed by atoms with Gasteiger partial charge in [-0.05, 0) is 36.2 Å². The first kappa shape index (κ1) is 23.2. The number of oxime groups is 1. The zero-order chi connectivity index (χ0) is 24.1. The van der Waals surface area contributed by atoms with Gasteiger partial charge in [0, 0.05) is 18.7 Å². The maximum absolute atomic E-state index is 13.2. The number of alkyl halides is 3. The molecular formula is C26H23F3N3O2+. The highest BCUT2D eigenvalue weighted by Crippen LogP contribution is 2.31. The largest absolute Gasteiger partial charge is 0.416 e. The molecule has 0 aliphatic rings. The number of aryl methyl sites for hydroxylation is 1. The van der Waals surface area contributed by atoms with E-state index >= 15 is 0 Å². The van der Waals surface area contributed by atoms with Gasteiger partial charge in [0.05, 0.1) is 18.3 Å². The minimum atomic E-state index is -4.49. The van der Waals surface area contributed by atoms with Crippen molar-refractivity contribution < 1.29 is 22.6 Å². The Morgan fingerprint density at radius 1 is 1.06 bits per heavy atom. The second kappa shape index (κ2) is 9.91. The van der Waals surface area contributed by atoms with E-state index in [1.807, 2.05) is 41.8 Å². The first-order chi connectivity index (χ1) is 16.3. The summed E-state index contributed by atoms with van der Waals surface area (Å²) < 4.78 is 42.9. The lowest BCUT2D eigenvalue weighted by molar-refractivity contribution is -0.672. The van der Waals surface area contributed by atoms with Crippen LogP contribution >= 0.6 is 0 Å². The normalized spacial score (nSPS) is 12.8. The monoisotopic (exact) mass is 466 g/mol. The SMILES string of the molecule is CC(ON=CCC[n+]1cc(-c2cccc(C(F)(F)F)c2)c(=O)n2ccccc21)c1ccccc1. The third kappa shape index (κ3) is 5.17. The van der Waals surface area contributed by atoms with Gasteiger partial charge in [-0.25, -0.2) is 9.36 Å². The van der Waals surface area contributed by atoms with Crippen molar-refractivity contribution in [2.75, 3.05) is 0 Å². The Bertz CT molecular complexity index is 1370. The minimum Gasteiger partial charge on any atom is -0.388 e. The minimum absolute atomic E-state index is 0.181. The molecule has 0 N–H and O–H groups in total. The van der Waals surface area contributed by atoms with Crippen LogP contribution in [0.1, 0.15) is 30.6 Å². The first-order valence-electron chi connectivity index (χ1n) is 10.8. The van der Waals surface area contributed by atoms with Gasteiger partial charge in [0.1, 0.15) is 17.9 Å². The van der Waals surface area contributed by atoms with E-state index in [2.05, 4.69) is 5.16 Å². The molecule has 5 nitrogen and oxygen atoms in total. The Hall–Kier alpha value is -3.94. The summed E-state index contributed by atoms with van der Waals surface area (Å²) in [4.78, 5) is 18.6. The average Bonchev–Trinajstić information content (AvgIpc) is 2.85. The summed E-state index contributed by atoms with van der Waals surface area (Å²) in [6.07, 6.45) is 0.636. The molecule has 174 valence electrons. The van der Waals surface area contributed by atoms with Gasteiger partial charge in [-0.2, -0.15) is 17.6 Å². The van der Waals surface area contributed by atoms with Crippen molar-refractivity contribution in [2.45, 2.75) is 32.2 Å². The van der Waals surface area contributed by atoms with Crippen molar-refractivity contribution in [3.63, 3.8) is 0 Å². The highest BCUT2D eigenvalue weighted by Gasteiger charge is 2.31. The lowest BCUT2D eigenvalue weighted by atomic mass is 10.1. The molecule has 0 spiro atoms. The van der Waals surface area contributed by atoms with Crippen LogP contribution in [0.4, 0.5) is 13.2 Å². The molecule has 0 fully saturated rings. The smallest absolute Gasteiger partial charge is 0.388 e. The van der Waals surface area contributed by atoms with Crippen LogP contribution in [-0.4, -0.2) is 10.6 Å². The highest BCUT2D eigenvalue weighted by molar-refractivity contribution is 5.63. The van der Waals surface area contributed by atoms with Crippen LogP contribution in [-0.2, 0) is 17.6 Å². The van der Waals surface area contributed by atoms with Gasteiger partial charge in [-0.1, -0.05) is 53.7 Å². The van der Waals surface area contributed by atoms with Crippen molar-refractivity contribution in [2.24, 2.45) is 5.16 Å². The highest BCUT2D eigenvalue weighted by atomic mass is 19.4. The molecule has 1 unspecified atom stereocenters. The summed E-state index contributed by atoms with van der Waals surface area (Å²) in [6.45, 7) is 2.35. The zero-order valence-electron chi connectivity index (χ0n) is 18.4. The molecule has 34 heavy (non-hydrogen) atoms. The van der Waals surface area contributed by atoms with E-state index in [1.165, 1.54) is 16.5 Å². The molecular weight excluding hydrogens is 443 g/mol. The first-order valence-corrected chi connectivity index (χ1v) is 10.8. The second-order valence-corrected chi connectivity index (χ2v) is 7.78. The molecule has 4 aromatic rings. The van der Waals surface area contributed by atoms with Gasteiger partial charge in [-0.15, -0.1) is 0 Å². The average molecular weight is 466 g/mol. The third-order valence-corrected chi connectivity index (χ3v) is 5.43. The molecule has 0 aliphatic heterocycles. The van der Waals surface area contributed by atoms with Crippen LogP contribution in [0.5, 0.6) is 0 Å². The molecule has 0 saturated heterocycles. The number of aromatic nitrogens is 2. The van der Waals surface area contributed by atoms with Crippen LogP contribution in [0.3, 0.4) is 0 Å². The van der Waals surface area contributed by atoms with Gasteiger partial charge in [0.15, 0.2) is 0 Å². The molecule has 2 aromatic heterocycles. The van der Waals surface area contributed by atoms with Crippen molar-refractivity contribution in [3.05, 3.63) is 107 Å². The van der Waals surface area contributed by atoms with Crippen LogP contribution in [0.25, 0.3) is 16.8 Å². The van der Waals surface area contributed by atoms with E-state index in [1.54, 1.807) is 36.8 Å². The van der Waals surface area contributed by atoms with Crippen LogP contribution < -0.4 is 10.1 Å². The van der Waals surface area contributed by atoms with Crippen LogP contribution in [0, 0.1) is 0 Å². The fraction of sp³-hybridized carbons (Fsp3) is 0.192. The van der Waals surface area contributed by atoms with E-state index < -0.39 is 11.7 Å². The maximum atomic E-state index is 13.2. The Morgan fingerprint density at radius 2 is 1.82 bits per heavy atom. The van der Waals surface area contributed by atoms with Gasteiger partial charge in [-0.3, -0.25) is 0 Å². The number of halogens is 3. The maximum Gasteiger partial charge on any atom is 0.416 e. The van der Waals surface area contributed by atoms with E-state index in [4.69, 9.17) is 4.84 Å². The molecule has 0 radical (unpaired) electrons. The van der Waals surface area contributed by atoms with Gasteiger partial charge in [0.25, 0.3) is 5.65 Å². The predicted molar refractivity (Wildman–Crippen MR) is 123 cm³/mol. The topological polar surface area (TPSA) is 47.0 Å². The number of rotatable bonds is 7. The Labute approximate surface area is 194 Å². The second-order valence-electron chi connectivity index (χ2n) is 7.78. The molecule has 2 heterocycles. The lowest BCUT2D eigenvalue weighted by Gasteiger charge is -2.10. The summed E-state index contributed by atoms with van der Waals surface area (Å²) in [5.41, 5.74) is 0.829. The molecule has 0 saturated carbocycles. The van der Waals surface area contributed by atoms with Crippen LogP contribution in [0.2, 0.25) is 0 Å². The molecule has 8 heteroatoms. The quantitative estimate of drug-likeness (QED) is 0.207. The van der Waals surface area contributed by atoms with Gasteiger partial charge >= 0.3 is 11.7 Å². The molecule has 0 amide bonds. The Kier molecular flexibility index (Phi) is 6.77. The fourth-order valence-corrected chi connectivity index (χ4v) is 3.66. The number of benzene rings is 2. The molecule has 0 aliphatic carbocycles. The summed E-state index contributed by atoms with van der Waals surface area (Å²) >= 11 is 0. The van der Waals surface area contributed by atoms with E-state index in [0.717, 1.165) is 17.7 Å². The number of pyridine rings is 1. The summed E-state index contributed by atoms with van der Waals surface area (Å²) in [5, 5.41) is 4.05. The van der Waals surface area contributed by atoms with E-state index in [-0.39, 0.29) is 22.8 Å². The van der Waals surface area contributed by atoms with E-state index in [0.29, 0.717) is 18.6 Å². The summed E-state index contributed by atoms with van der Waals surface area (Å²) in [6, 6.07) is 19.8.